The third-order valence-corrected chi connectivity index (χ3v) is 3.19. The largest absolute Gasteiger partial charge is 0.497 e. The van der Waals surface area contributed by atoms with E-state index in [1.807, 2.05) is 18.2 Å². The fourth-order valence-corrected chi connectivity index (χ4v) is 1.99. The van der Waals surface area contributed by atoms with E-state index in [4.69, 9.17) is 14.2 Å². The average molecular weight is 327 g/mol. The van der Waals surface area contributed by atoms with E-state index in [2.05, 4.69) is 11.9 Å². The number of methoxy groups -OCH3 is 1. The molecule has 0 aliphatic carbocycles. The van der Waals surface area contributed by atoms with Crippen molar-refractivity contribution in [2.24, 2.45) is 0 Å². The molecule has 0 fully saturated rings. The quantitative estimate of drug-likeness (QED) is 0.752. The molecule has 0 aliphatic heterocycles. The first-order valence-corrected chi connectivity index (χ1v) is 7.57. The molecule has 1 unspecified atom stereocenters. The van der Waals surface area contributed by atoms with Gasteiger partial charge >= 0.3 is 0 Å². The normalized spacial score (nSPS) is 11.2. The Kier molecular flexibility index (Phi) is 6.25. The van der Waals surface area contributed by atoms with Crippen molar-refractivity contribution in [2.45, 2.75) is 13.0 Å². The molecule has 0 radical (unpaired) electrons. The molecule has 0 aromatic heterocycles. The van der Waals surface area contributed by atoms with Crippen molar-refractivity contribution in [2.75, 3.05) is 19.0 Å². The second-order valence-corrected chi connectivity index (χ2v) is 5.06. The Morgan fingerprint density at radius 2 is 1.88 bits per heavy atom. The monoisotopic (exact) mass is 327 g/mol. The molecule has 0 saturated heterocycles. The molecule has 24 heavy (non-hydrogen) atoms. The van der Waals surface area contributed by atoms with E-state index in [1.54, 1.807) is 50.4 Å². The Labute approximate surface area is 141 Å². The molecule has 2 aromatic carbocycles. The van der Waals surface area contributed by atoms with Crippen LogP contribution in [0.25, 0.3) is 0 Å². The standard InChI is InChI=1S/C19H21NO4/c1-4-11-23-17-9-5-7-15(12-17)20-19(21)14(2)24-18-10-6-8-16(13-18)22-3/h4-10,12-14H,1,11H2,2-3H3,(H,20,21). The molecule has 1 atom stereocenters. The summed E-state index contributed by atoms with van der Waals surface area (Å²) in [5, 5.41) is 2.81. The predicted molar refractivity (Wildman–Crippen MR) is 93.8 cm³/mol. The maximum atomic E-state index is 12.3. The van der Waals surface area contributed by atoms with Gasteiger partial charge in [-0.1, -0.05) is 24.8 Å². The minimum absolute atomic E-state index is 0.251. The molecule has 126 valence electrons. The van der Waals surface area contributed by atoms with Crippen molar-refractivity contribution >= 4 is 11.6 Å². The SMILES string of the molecule is C=CCOc1cccc(NC(=O)C(C)Oc2cccc(OC)c2)c1. The molecular weight excluding hydrogens is 306 g/mol. The molecule has 0 heterocycles. The Bertz CT molecular complexity index is 699. The summed E-state index contributed by atoms with van der Waals surface area (Å²) in [5.41, 5.74) is 0.641. The van der Waals surface area contributed by atoms with Gasteiger partial charge in [-0.05, 0) is 31.2 Å². The Balaban J connectivity index is 1.96. The van der Waals surface area contributed by atoms with Gasteiger partial charge in [-0.15, -0.1) is 0 Å². The summed E-state index contributed by atoms with van der Waals surface area (Å²) in [5.74, 6) is 1.65. The number of carbonyl (C=O) groups is 1. The van der Waals surface area contributed by atoms with E-state index in [0.29, 0.717) is 29.5 Å². The van der Waals surface area contributed by atoms with Gasteiger partial charge in [-0.3, -0.25) is 4.79 Å². The Hall–Kier alpha value is -2.95. The molecule has 0 saturated carbocycles. The van der Waals surface area contributed by atoms with Crippen LogP contribution in [0, 0.1) is 0 Å². The van der Waals surface area contributed by atoms with E-state index >= 15 is 0 Å². The minimum Gasteiger partial charge on any atom is -0.497 e. The summed E-state index contributed by atoms with van der Waals surface area (Å²) in [7, 11) is 1.58. The summed E-state index contributed by atoms with van der Waals surface area (Å²) < 4.78 is 16.2. The topological polar surface area (TPSA) is 56.8 Å². The van der Waals surface area contributed by atoms with Crippen molar-refractivity contribution in [1.29, 1.82) is 0 Å². The van der Waals surface area contributed by atoms with Crippen molar-refractivity contribution in [3.05, 3.63) is 61.2 Å². The number of rotatable bonds is 8. The molecule has 5 heteroatoms. The maximum absolute atomic E-state index is 12.3. The van der Waals surface area contributed by atoms with Gasteiger partial charge in [-0.2, -0.15) is 0 Å². The molecule has 1 N–H and O–H groups in total. The zero-order chi connectivity index (χ0) is 17.4. The van der Waals surface area contributed by atoms with E-state index in [1.165, 1.54) is 0 Å². The van der Waals surface area contributed by atoms with Crippen molar-refractivity contribution in [3.8, 4) is 17.2 Å². The van der Waals surface area contributed by atoms with Crippen LogP contribution >= 0.6 is 0 Å². The zero-order valence-electron chi connectivity index (χ0n) is 13.8. The highest BCUT2D eigenvalue weighted by Crippen LogP contribution is 2.21. The number of carbonyl (C=O) groups excluding carboxylic acids is 1. The van der Waals surface area contributed by atoms with E-state index in [0.717, 1.165) is 0 Å². The van der Waals surface area contributed by atoms with Crippen molar-refractivity contribution in [3.63, 3.8) is 0 Å². The lowest BCUT2D eigenvalue weighted by molar-refractivity contribution is -0.122. The molecule has 2 aromatic rings. The third kappa shape index (κ3) is 5.05. The first kappa shape index (κ1) is 17.4. The first-order chi connectivity index (χ1) is 11.6. The van der Waals surface area contributed by atoms with Crippen LogP contribution in [0.3, 0.4) is 0 Å². The van der Waals surface area contributed by atoms with E-state index in [-0.39, 0.29) is 5.91 Å². The van der Waals surface area contributed by atoms with Crippen LogP contribution in [0.5, 0.6) is 17.2 Å². The van der Waals surface area contributed by atoms with Crippen molar-refractivity contribution < 1.29 is 19.0 Å². The number of hydrogen-bond donors (Lipinski definition) is 1. The second-order valence-electron chi connectivity index (χ2n) is 5.06. The van der Waals surface area contributed by atoms with Crippen molar-refractivity contribution in [1.82, 2.24) is 0 Å². The van der Waals surface area contributed by atoms with Gasteiger partial charge < -0.3 is 19.5 Å². The summed E-state index contributed by atoms with van der Waals surface area (Å²) in [6.07, 6.45) is 1.00. The molecular formula is C19H21NO4. The van der Waals surface area contributed by atoms with Gasteiger partial charge in [-0.25, -0.2) is 0 Å². The van der Waals surface area contributed by atoms with Crippen LogP contribution < -0.4 is 19.5 Å². The number of amides is 1. The van der Waals surface area contributed by atoms with Gasteiger partial charge in [0.1, 0.15) is 23.9 Å². The number of anilines is 1. The van der Waals surface area contributed by atoms with E-state index < -0.39 is 6.10 Å². The fourth-order valence-electron chi connectivity index (χ4n) is 1.99. The summed E-state index contributed by atoms with van der Waals surface area (Å²) in [4.78, 5) is 12.3. The van der Waals surface area contributed by atoms with Gasteiger partial charge in [0.25, 0.3) is 5.91 Å². The summed E-state index contributed by atoms with van der Waals surface area (Å²) in [6.45, 7) is 5.70. The van der Waals surface area contributed by atoms with Crippen LogP contribution in [0.4, 0.5) is 5.69 Å². The van der Waals surface area contributed by atoms with Crippen LogP contribution in [-0.2, 0) is 4.79 Å². The molecule has 1 amide bonds. The fraction of sp³-hybridized carbons (Fsp3) is 0.211. The highest BCUT2D eigenvalue weighted by Gasteiger charge is 2.15. The summed E-state index contributed by atoms with van der Waals surface area (Å²) >= 11 is 0. The zero-order valence-corrected chi connectivity index (χ0v) is 13.8. The van der Waals surface area contributed by atoms with E-state index in [9.17, 15) is 4.79 Å². The Morgan fingerprint density at radius 3 is 2.62 bits per heavy atom. The minimum atomic E-state index is -0.658. The Morgan fingerprint density at radius 1 is 1.17 bits per heavy atom. The molecule has 5 nitrogen and oxygen atoms in total. The highest BCUT2D eigenvalue weighted by atomic mass is 16.5. The summed E-state index contributed by atoms with van der Waals surface area (Å²) in [6, 6.07) is 14.3. The predicted octanol–water partition coefficient (Wildman–Crippen LogP) is 3.67. The number of hydrogen-bond acceptors (Lipinski definition) is 4. The highest BCUT2D eigenvalue weighted by molar-refractivity contribution is 5.94. The third-order valence-electron chi connectivity index (χ3n) is 3.19. The number of nitrogens with one attached hydrogen (secondary N) is 1. The lowest BCUT2D eigenvalue weighted by atomic mass is 10.2. The lowest BCUT2D eigenvalue weighted by Gasteiger charge is -2.15. The molecule has 0 spiro atoms. The van der Waals surface area contributed by atoms with Crippen LogP contribution in [0.2, 0.25) is 0 Å². The van der Waals surface area contributed by atoms with Crippen LogP contribution in [0.15, 0.2) is 61.2 Å². The van der Waals surface area contributed by atoms with Gasteiger partial charge in [0.15, 0.2) is 6.10 Å². The molecule has 0 bridgehead atoms. The van der Waals surface area contributed by atoms with Crippen LogP contribution in [0.1, 0.15) is 6.92 Å². The van der Waals surface area contributed by atoms with Crippen LogP contribution in [-0.4, -0.2) is 25.7 Å². The number of benzene rings is 2. The first-order valence-electron chi connectivity index (χ1n) is 7.57. The van der Waals surface area contributed by atoms with Gasteiger partial charge in [0, 0.05) is 17.8 Å². The smallest absolute Gasteiger partial charge is 0.265 e. The maximum Gasteiger partial charge on any atom is 0.265 e. The molecule has 0 aliphatic rings. The van der Waals surface area contributed by atoms with Gasteiger partial charge in [0.2, 0.25) is 0 Å². The average Bonchev–Trinajstić information content (AvgIpc) is 2.60. The molecule has 2 rings (SSSR count). The lowest BCUT2D eigenvalue weighted by Crippen LogP contribution is -2.30. The second kappa shape index (κ2) is 8.62. The number of ether oxygens (including phenoxy) is 3. The van der Waals surface area contributed by atoms with Gasteiger partial charge in [0.05, 0.1) is 7.11 Å².